The van der Waals surface area contributed by atoms with Gasteiger partial charge in [0.1, 0.15) is 5.69 Å². The summed E-state index contributed by atoms with van der Waals surface area (Å²) in [5.74, 6) is 1.54. The highest BCUT2D eigenvalue weighted by Gasteiger charge is 2.23. The van der Waals surface area contributed by atoms with Crippen LogP contribution in [-0.2, 0) is 0 Å². The molecule has 1 unspecified atom stereocenters. The Morgan fingerprint density at radius 3 is 2.67 bits per heavy atom. The maximum Gasteiger partial charge on any atom is 0.197 e. The third kappa shape index (κ3) is 2.38. The van der Waals surface area contributed by atoms with Crippen LogP contribution in [0, 0.1) is 5.92 Å². The van der Waals surface area contributed by atoms with Crippen molar-refractivity contribution in [1.82, 2.24) is 30.3 Å². The second-order valence-electron chi connectivity index (χ2n) is 4.66. The van der Waals surface area contributed by atoms with Crippen LogP contribution in [0.25, 0.3) is 5.82 Å². The van der Waals surface area contributed by atoms with Crippen LogP contribution < -0.4 is 5.32 Å². The Balaban J connectivity index is 1.81. The van der Waals surface area contributed by atoms with Crippen molar-refractivity contribution >= 4 is 0 Å². The Bertz CT molecular complexity index is 505. The first-order valence-corrected chi connectivity index (χ1v) is 6.25. The average Bonchev–Trinajstić information content (AvgIpc) is 3.08. The molecule has 6 nitrogen and oxygen atoms in total. The molecule has 2 aromatic rings. The van der Waals surface area contributed by atoms with E-state index in [1.165, 1.54) is 17.6 Å². The molecule has 0 aliphatic heterocycles. The van der Waals surface area contributed by atoms with Gasteiger partial charge in [-0.2, -0.15) is 10.2 Å². The van der Waals surface area contributed by atoms with Crippen molar-refractivity contribution in [2.75, 3.05) is 6.54 Å². The van der Waals surface area contributed by atoms with Gasteiger partial charge in [-0.15, -0.1) is 4.80 Å². The van der Waals surface area contributed by atoms with E-state index < -0.39 is 0 Å². The van der Waals surface area contributed by atoms with E-state index in [0.717, 1.165) is 18.2 Å². The van der Waals surface area contributed by atoms with Crippen LogP contribution in [0.3, 0.4) is 0 Å². The minimum atomic E-state index is 0.153. The molecular formula is C12H16N6. The molecule has 1 aliphatic carbocycles. The van der Waals surface area contributed by atoms with Crippen LogP contribution in [0.5, 0.6) is 0 Å². The minimum absolute atomic E-state index is 0.153. The van der Waals surface area contributed by atoms with Gasteiger partial charge in [0, 0.05) is 12.4 Å². The van der Waals surface area contributed by atoms with Gasteiger partial charge in [-0.3, -0.25) is 4.98 Å². The molecule has 18 heavy (non-hydrogen) atoms. The molecule has 1 atom stereocenters. The lowest BCUT2D eigenvalue weighted by molar-refractivity contribution is 0.529. The molecule has 3 rings (SSSR count). The minimum Gasteiger partial charge on any atom is -0.308 e. The molecule has 0 spiro atoms. The van der Waals surface area contributed by atoms with E-state index in [9.17, 15) is 0 Å². The summed E-state index contributed by atoms with van der Waals surface area (Å²) in [7, 11) is 0. The Morgan fingerprint density at radius 2 is 1.94 bits per heavy atom. The second-order valence-corrected chi connectivity index (χ2v) is 4.66. The van der Waals surface area contributed by atoms with Gasteiger partial charge in [-0.25, -0.2) is 4.98 Å². The highest BCUT2D eigenvalue weighted by molar-refractivity contribution is 5.27. The summed E-state index contributed by atoms with van der Waals surface area (Å²) in [6, 6.07) is 0.153. The van der Waals surface area contributed by atoms with E-state index in [1.54, 1.807) is 24.8 Å². The third-order valence-electron chi connectivity index (χ3n) is 3.13. The van der Waals surface area contributed by atoms with Gasteiger partial charge in [0.25, 0.3) is 0 Å². The molecule has 1 aliphatic rings. The molecule has 1 N–H and O–H groups in total. The van der Waals surface area contributed by atoms with Crippen LogP contribution in [0.15, 0.2) is 24.8 Å². The van der Waals surface area contributed by atoms with Gasteiger partial charge >= 0.3 is 0 Å². The van der Waals surface area contributed by atoms with E-state index in [4.69, 9.17) is 0 Å². The fourth-order valence-corrected chi connectivity index (χ4v) is 1.89. The van der Waals surface area contributed by atoms with E-state index >= 15 is 0 Å². The van der Waals surface area contributed by atoms with Gasteiger partial charge in [0.2, 0.25) is 0 Å². The molecule has 2 heterocycles. The summed E-state index contributed by atoms with van der Waals surface area (Å²) < 4.78 is 0. The largest absolute Gasteiger partial charge is 0.308 e. The average molecular weight is 244 g/mol. The monoisotopic (exact) mass is 244 g/mol. The summed E-state index contributed by atoms with van der Waals surface area (Å²) in [6.07, 6.45) is 9.33. The maximum atomic E-state index is 4.41. The van der Waals surface area contributed by atoms with Crippen molar-refractivity contribution in [2.45, 2.75) is 25.8 Å². The molecule has 6 heteroatoms. The second kappa shape index (κ2) is 4.81. The maximum absolute atomic E-state index is 4.41. The van der Waals surface area contributed by atoms with Gasteiger partial charge in [0.05, 0.1) is 18.4 Å². The molecule has 0 radical (unpaired) electrons. The molecule has 1 saturated carbocycles. The van der Waals surface area contributed by atoms with Crippen molar-refractivity contribution in [3.8, 4) is 5.82 Å². The van der Waals surface area contributed by atoms with E-state index in [0.29, 0.717) is 5.82 Å². The number of nitrogens with zero attached hydrogens (tertiary/aromatic N) is 5. The first kappa shape index (κ1) is 11.3. The lowest BCUT2D eigenvalue weighted by Crippen LogP contribution is -2.24. The molecular weight excluding hydrogens is 228 g/mol. The van der Waals surface area contributed by atoms with Gasteiger partial charge in [0.15, 0.2) is 5.82 Å². The van der Waals surface area contributed by atoms with Crippen molar-refractivity contribution in [1.29, 1.82) is 0 Å². The highest BCUT2D eigenvalue weighted by Crippen LogP contribution is 2.28. The number of rotatable bonds is 5. The zero-order valence-electron chi connectivity index (χ0n) is 10.3. The molecule has 1 fully saturated rings. The van der Waals surface area contributed by atoms with Crippen molar-refractivity contribution in [2.24, 2.45) is 5.92 Å². The Labute approximate surface area is 105 Å². The first-order valence-electron chi connectivity index (χ1n) is 6.25. The molecule has 0 bridgehead atoms. The molecule has 0 saturated heterocycles. The topological polar surface area (TPSA) is 68.5 Å². The SMILES string of the molecule is CC(NCC1CC1)c1nccnc1-n1nccn1. The Kier molecular flexibility index (Phi) is 3.02. The summed E-state index contributed by atoms with van der Waals surface area (Å²) >= 11 is 0. The zero-order valence-corrected chi connectivity index (χ0v) is 10.3. The lowest BCUT2D eigenvalue weighted by atomic mass is 10.2. The molecule has 0 aromatic carbocycles. The third-order valence-corrected chi connectivity index (χ3v) is 3.13. The predicted octanol–water partition coefficient (Wildman–Crippen LogP) is 1.12. The molecule has 94 valence electrons. The first-order chi connectivity index (χ1) is 8.84. The summed E-state index contributed by atoms with van der Waals surface area (Å²) in [4.78, 5) is 10.2. The van der Waals surface area contributed by atoms with Gasteiger partial charge in [-0.1, -0.05) is 0 Å². The summed E-state index contributed by atoms with van der Waals surface area (Å²) in [5, 5.41) is 11.7. The fraction of sp³-hybridized carbons (Fsp3) is 0.500. The van der Waals surface area contributed by atoms with Crippen molar-refractivity contribution in [3.63, 3.8) is 0 Å². The van der Waals surface area contributed by atoms with Crippen LogP contribution in [-0.4, -0.2) is 31.5 Å². The number of hydrogen-bond donors (Lipinski definition) is 1. The number of hydrogen-bond acceptors (Lipinski definition) is 5. The smallest absolute Gasteiger partial charge is 0.197 e. The predicted molar refractivity (Wildman–Crippen MR) is 66.1 cm³/mol. The Hall–Kier alpha value is -1.82. The van der Waals surface area contributed by atoms with Crippen LogP contribution >= 0.6 is 0 Å². The molecule has 0 amide bonds. The quantitative estimate of drug-likeness (QED) is 0.853. The summed E-state index contributed by atoms with van der Waals surface area (Å²) in [6.45, 7) is 3.14. The zero-order chi connectivity index (χ0) is 12.4. The standard InChI is InChI=1S/C12H16N6/c1-9(15-8-10-2-3-10)11-12(14-5-4-13-11)18-16-6-7-17-18/h4-7,9-10,15H,2-3,8H2,1H3. The van der Waals surface area contributed by atoms with Gasteiger partial charge in [-0.05, 0) is 32.2 Å². The number of aromatic nitrogens is 5. The summed E-state index contributed by atoms with van der Waals surface area (Å²) in [5.41, 5.74) is 0.884. The Morgan fingerprint density at radius 1 is 1.22 bits per heavy atom. The van der Waals surface area contributed by atoms with Crippen LogP contribution in [0.4, 0.5) is 0 Å². The lowest BCUT2D eigenvalue weighted by Gasteiger charge is -2.15. The van der Waals surface area contributed by atoms with E-state index in [-0.39, 0.29) is 6.04 Å². The van der Waals surface area contributed by atoms with E-state index in [1.807, 2.05) is 0 Å². The van der Waals surface area contributed by atoms with Crippen LogP contribution in [0.2, 0.25) is 0 Å². The normalized spacial score (nSPS) is 16.7. The van der Waals surface area contributed by atoms with Crippen LogP contribution in [0.1, 0.15) is 31.5 Å². The van der Waals surface area contributed by atoms with Crippen molar-refractivity contribution in [3.05, 3.63) is 30.5 Å². The number of nitrogens with one attached hydrogen (secondary N) is 1. The highest BCUT2D eigenvalue weighted by atomic mass is 15.5. The van der Waals surface area contributed by atoms with E-state index in [2.05, 4.69) is 32.4 Å². The van der Waals surface area contributed by atoms with Crippen molar-refractivity contribution < 1.29 is 0 Å². The van der Waals surface area contributed by atoms with Gasteiger partial charge < -0.3 is 5.32 Å². The fourth-order valence-electron chi connectivity index (χ4n) is 1.89. The molecule has 2 aromatic heterocycles.